The van der Waals surface area contributed by atoms with Crippen LogP contribution in [0.25, 0.3) is 12.2 Å². The number of aryl methyl sites for hydroxylation is 3. The molecule has 0 fully saturated rings. The van der Waals surface area contributed by atoms with E-state index in [0.717, 1.165) is 0 Å². The zero-order valence-corrected chi connectivity index (χ0v) is 14.4. The van der Waals surface area contributed by atoms with Gasteiger partial charge in [0.05, 0.1) is 0 Å². The first-order valence-corrected chi connectivity index (χ1v) is 8.62. The van der Waals surface area contributed by atoms with Crippen molar-refractivity contribution in [3.05, 3.63) is 70.3 Å². The van der Waals surface area contributed by atoms with E-state index in [0.29, 0.717) is 0 Å². The zero-order valence-electron chi connectivity index (χ0n) is 12.2. The maximum absolute atomic E-state index is 2.44. The van der Waals surface area contributed by atoms with E-state index in [1.165, 1.54) is 45.1 Å². The number of rotatable bonds is 5. The Morgan fingerprint density at radius 1 is 0.950 bits per heavy atom. The quantitative estimate of drug-likeness (QED) is 0.349. The van der Waals surface area contributed by atoms with Crippen LogP contribution in [0.4, 0.5) is 0 Å². The Hall–Kier alpha value is -1.09. The Bertz CT molecular complexity index is 576. The lowest BCUT2D eigenvalue weighted by molar-refractivity contribution is 0.945. The number of halogens is 1. The third-order valence-corrected chi connectivity index (χ3v) is 4.30. The molecule has 0 aliphatic heterocycles. The zero-order chi connectivity index (χ0) is 14.4. The maximum atomic E-state index is 2.44. The minimum absolute atomic E-state index is 1.17. The van der Waals surface area contributed by atoms with Crippen LogP contribution in [0.3, 0.4) is 0 Å². The largest absolute Gasteiger partial charge is 0.0864 e. The van der Waals surface area contributed by atoms with E-state index in [1.807, 2.05) is 0 Å². The number of hydrogen-bond donors (Lipinski definition) is 0. The fourth-order valence-electron chi connectivity index (χ4n) is 2.39. The molecule has 0 saturated heterocycles. The molecule has 0 atom stereocenters. The van der Waals surface area contributed by atoms with Gasteiger partial charge in [-0.3, -0.25) is 0 Å². The molecule has 0 nitrogen and oxygen atoms in total. The third-order valence-electron chi connectivity index (χ3n) is 3.53. The minimum atomic E-state index is 1.17. The summed E-state index contributed by atoms with van der Waals surface area (Å²) in [7, 11) is 0. The first-order valence-electron chi connectivity index (χ1n) is 7.10. The van der Waals surface area contributed by atoms with E-state index < -0.39 is 0 Å². The Morgan fingerprint density at radius 2 is 1.65 bits per heavy atom. The highest BCUT2D eigenvalue weighted by Crippen LogP contribution is 2.17. The van der Waals surface area contributed by atoms with Gasteiger partial charge in [-0.2, -0.15) is 0 Å². The molecule has 20 heavy (non-hydrogen) atoms. The summed E-state index contributed by atoms with van der Waals surface area (Å²) in [5.74, 6) is 0. The summed E-state index contributed by atoms with van der Waals surface area (Å²) in [5, 5.41) is 0. The smallest absolute Gasteiger partial charge is 0.000156 e. The van der Waals surface area contributed by atoms with Crippen molar-refractivity contribution < 1.29 is 0 Å². The van der Waals surface area contributed by atoms with Crippen molar-refractivity contribution in [3.8, 4) is 0 Å². The molecular formula is C19H21I. The van der Waals surface area contributed by atoms with Crippen LogP contribution in [0.5, 0.6) is 0 Å². The van der Waals surface area contributed by atoms with Crippen LogP contribution in [-0.4, -0.2) is 4.43 Å². The van der Waals surface area contributed by atoms with Gasteiger partial charge in [0.2, 0.25) is 0 Å². The fourth-order valence-corrected chi connectivity index (χ4v) is 2.77. The van der Waals surface area contributed by atoms with Gasteiger partial charge in [0.15, 0.2) is 0 Å². The highest BCUT2D eigenvalue weighted by molar-refractivity contribution is 14.1. The number of hydrogen-bond acceptors (Lipinski definition) is 0. The second-order valence-electron chi connectivity index (χ2n) is 5.18. The van der Waals surface area contributed by atoms with Crippen molar-refractivity contribution in [1.29, 1.82) is 0 Å². The van der Waals surface area contributed by atoms with Gasteiger partial charge in [0.25, 0.3) is 0 Å². The first-order chi connectivity index (χ1) is 9.70. The summed E-state index contributed by atoms with van der Waals surface area (Å²) in [6.45, 7) is 4.34. The molecule has 2 aromatic carbocycles. The van der Waals surface area contributed by atoms with Gasteiger partial charge < -0.3 is 0 Å². The Labute approximate surface area is 136 Å². The highest BCUT2D eigenvalue weighted by atomic mass is 127. The summed E-state index contributed by atoms with van der Waals surface area (Å²) in [6.07, 6.45) is 6.89. The molecule has 0 aliphatic carbocycles. The number of alkyl halides is 1. The lowest BCUT2D eigenvalue weighted by atomic mass is 10.0. The molecule has 0 aliphatic rings. The molecule has 1 heteroatoms. The normalized spacial score (nSPS) is 11.2. The molecule has 104 valence electrons. The molecule has 0 heterocycles. The Balaban J connectivity index is 2.19. The van der Waals surface area contributed by atoms with E-state index in [1.54, 1.807) is 0 Å². The summed E-state index contributed by atoms with van der Waals surface area (Å²) >= 11 is 2.44. The molecule has 0 saturated carbocycles. The summed E-state index contributed by atoms with van der Waals surface area (Å²) in [5.41, 5.74) is 6.73. The molecular weight excluding hydrogens is 355 g/mol. The van der Waals surface area contributed by atoms with Gasteiger partial charge in [-0.05, 0) is 58.9 Å². The molecule has 0 N–H and O–H groups in total. The van der Waals surface area contributed by atoms with Crippen LogP contribution in [-0.2, 0) is 6.42 Å². The molecule has 0 spiro atoms. The summed E-state index contributed by atoms with van der Waals surface area (Å²) in [6, 6.07) is 15.3. The molecule has 0 aromatic heterocycles. The molecule has 2 rings (SSSR count). The highest BCUT2D eigenvalue weighted by Gasteiger charge is 1.98. The SMILES string of the molecule is Cc1cccc(C)c1/C=C\c1cccc(CCCI)c1. The minimum Gasteiger partial charge on any atom is -0.0864 e. The van der Waals surface area contributed by atoms with Crippen LogP contribution < -0.4 is 0 Å². The van der Waals surface area contributed by atoms with Crippen LogP contribution >= 0.6 is 22.6 Å². The second-order valence-corrected chi connectivity index (χ2v) is 6.26. The molecule has 0 unspecified atom stereocenters. The van der Waals surface area contributed by atoms with Crippen LogP contribution in [0, 0.1) is 13.8 Å². The molecule has 0 amide bonds. The van der Waals surface area contributed by atoms with Crippen molar-refractivity contribution >= 4 is 34.7 Å². The topological polar surface area (TPSA) is 0 Å². The second kappa shape index (κ2) is 7.63. The maximum Gasteiger partial charge on any atom is -0.000156 e. The van der Waals surface area contributed by atoms with Crippen LogP contribution in [0.15, 0.2) is 42.5 Å². The molecule has 2 aromatic rings. The van der Waals surface area contributed by atoms with Crippen LogP contribution in [0.1, 0.15) is 34.2 Å². The van der Waals surface area contributed by atoms with E-state index in [-0.39, 0.29) is 0 Å². The third kappa shape index (κ3) is 4.20. The average Bonchev–Trinajstić information content (AvgIpc) is 2.45. The van der Waals surface area contributed by atoms with Crippen molar-refractivity contribution in [2.24, 2.45) is 0 Å². The fraction of sp³-hybridized carbons (Fsp3) is 0.263. The van der Waals surface area contributed by atoms with Gasteiger partial charge >= 0.3 is 0 Å². The van der Waals surface area contributed by atoms with Crippen molar-refractivity contribution in [2.45, 2.75) is 26.7 Å². The summed E-state index contributed by atoms with van der Waals surface area (Å²) < 4.78 is 1.22. The van der Waals surface area contributed by atoms with Gasteiger partial charge in [-0.15, -0.1) is 0 Å². The van der Waals surface area contributed by atoms with Crippen molar-refractivity contribution in [2.75, 3.05) is 4.43 Å². The monoisotopic (exact) mass is 376 g/mol. The average molecular weight is 376 g/mol. The predicted octanol–water partition coefficient (Wildman–Crippen LogP) is 5.84. The van der Waals surface area contributed by atoms with Gasteiger partial charge in [0, 0.05) is 0 Å². The predicted molar refractivity (Wildman–Crippen MR) is 98.5 cm³/mol. The van der Waals surface area contributed by atoms with E-state index in [2.05, 4.69) is 91.1 Å². The molecule has 0 bridgehead atoms. The van der Waals surface area contributed by atoms with E-state index >= 15 is 0 Å². The van der Waals surface area contributed by atoms with E-state index in [9.17, 15) is 0 Å². The van der Waals surface area contributed by atoms with Crippen molar-refractivity contribution in [1.82, 2.24) is 0 Å². The lowest BCUT2D eigenvalue weighted by Crippen LogP contribution is -1.87. The standard InChI is InChI=1S/C19H21I/c1-15-6-3-7-16(2)19(15)12-11-18-9-4-8-17(14-18)10-5-13-20/h3-4,6-9,11-12,14H,5,10,13H2,1-2H3/b12-11-. The lowest BCUT2D eigenvalue weighted by Gasteiger charge is -2.05. The van der Waals surface area contributed by atoms with Gasteiger partial charge in [-0.1, -0.05) is 77.2 Å². The van der Waals surface area contributed by atoms with Gasteiger partial charge in [0.1, 0.15) is 0 Å². The Kier molecular flexibility index (Phi) is 5.84. The van der Waals surface area contributed by atoms with Crippen molar-refractivity contribution in [3.63, 3.8) is 0 Å². The van der Waals surface area contributed by atoms with Crippen LogP contribution in [0.2, 0.25) is 0 Å². The first kappa shape index (κ1) is 15.3. The van der Waals surface area contributed by atoms with Gasteiger partial charge in [-0.25, -0.2) is 0 Å². The van der Waals surface area contributed by atoms with E-state index in [4.69, 9.17) is 0 Å². The Morgan fingerprint density at radius 3 is 2.35 bits per heavy atom. The summed E-state index contributed by atoms with van der Waals surface area (Å²) in [4.78, 5) is 0. The molecule has 0 radical (unpaired) electrons. The number of benzene rings is 2.